The van der Waals surface area contributed by atoms with E-state index >= 15 is 0 Å². The smallest absolute Gasteiger partial charge is 0.226 e. The van der Waals surface area contributed by atoms with E-state index in [9.17, 15) is 5.21 Å². The topological polar surface area (TPSA) is 58.7 Å². The molecule has 0 aliphatic heterocycles. The largest absolute Gasteiger partial charge is 0.623 e. The van der Waals surface area contributed by atoms with Gasteiger partial charge in [0.1, 0.15) is 13.8 Å². The van der Waals surface area contributed by atoms with Crippen LogP contribution in [0.15, 0.2) is 5.16 Å². The number of hydrogen-bond donors (Lipinski definition) is 1. The molecular formula is C12H20N2O2Si. The summed E-state index contributed by atoms with van der Waals surface area (Å²) in [6.07, 6.45) is 4.81. The number of hydrogen-bond acceptors (Lipinski definition) is 3. The van der Waals surface area contributed by atoms with Crippen LogP contribution in [0, 0.1) is 16.7 Å². The maximum absolute atomic E-state index is 11.8. The molecule has 0 bridgehead atoms. The minimum Gasteiger partial charge on any atom is -0.623 e. The Hall–Kier alpha value is -1.28. The first-order valence-corrected chi connectivity index (χ1v) is 9.46. The molecule has 1 rings (SSSR count). The molecule has 0 spiro atoms. The third-order valence-electron chi connectivity index (χ3n) is 2.62. The molecule has 1 atom stereocenters. The van der Waals surface area contributed by atoms with Crippen LogP contribution in [0.3, 0.4) is 0 Å². The Balaban J connectivity index is 2.76. The van der Waals surface area contributed by atoms with Crippen LogP contribution in [-0.2, 0) is 0 Å². The maximum Gasteiger partial charge on any atom is 0.226 e. The number of nitrogens with zero attached hydrogens (tertiary/aromatic N) is 2. The van der Waals surface area contributed by atoms with E-state index in [-0.39, 0.29) is 6.04 Å². The van der Waals surface area contributed by atoms with Crippen LogP contribution in [-0.4, -0.2) is 36.0 Å². The van der Waals surface area contributed by atoms with Gasteiger partial charge in [0.15, 0.2) is 0 Å². The van der Waals surface area contributed by atoms with Crippen LogP contribution in [0.2, 0.25) is 19.6 Å². The zero-order valence-corrected chi connectivity index (χ0v) is 11.7. The monoisotopic (exact) mass is 252 g/mol. The van der Waals surface area contributed by atoms with E-state index in [1.807, 2.05) is 0 Å². The lowest BCUT2D eigenvalue weighted by Crippen LogP contribution is -2.34. The van der Waals surface area contributed by atoms with Crippen LogP contribution in [0.1, 0.15) is 25.7 Å². The Morgan fingerprint density at radius 2 is 2.18 bits per heavy atom. The van der Waals surface area contributed by atoms with Crippen molar-refractivity contribution in [3.05, 3.63) is 5.21 Å². The summed E-state index contributed by atoms with van der Waals surface area (Å²) in [7, 11) is -1.44. The SMILES string of the molecule is C[Si](C)(C)C#CC=[N+]([O-])C1CCCCC1=NO. The minimum absolute atomic E-state index is 0.329. The molecule has 0 aromatic rings. The molecule has 4 nitrogen and oxygen atoms in total. The predicted octanol–water partition coefficient (Wildman–Crippen LogP) is 2.22. The van der Waals surface area contributed by atoms with E-state index < -0.39 is 8.07 Å². The van der Waals surface area contributed by atoms with Gasteiger partial charge >= 0.3 is 0 Å². The summed E-state index contributed by atoms with van der Waals surface area (Å²) in [5, 5.41) is 23.9. The van der Waals surface area contributed by atoms with E-state index in [0.717, 1.165) is 24.0 Å². The molecule has 17 heavy (non-hydrogen) atoms. The zero-order chi connectivity index (χ0) is 12.9. The van der Waals surface area contributed by atoms with E-state index in [2.05, 4.69) is 36.3 Å². The summed E-state index contributed by atoms with van der Waals surface area (Å²) in [5.74, 6) is 2.83. The molecule has 1 aliphatic rings. The fourth-order valence-electron chi connectivity index (χ4n) is 1.77. The normalized spacial score (nSPS) is 24.3. The van der Waals surface area contributed by atoms with Crippen molar-refractivity contribution < 1.29 is 9.95 Å². The minimum atomic E-state index is -1.44. The lowest BCUT2D eigenvalue weighted by Gasteiger charge is -2.21. The van der Waals surface area contributed by atoms with Crippen LogP contribution in [0.4, 0.5) is 0 Å². The molecule has 1 aliphatic carbocycles. The van der Waals surface area contributed by atoms with Crippen LogP contribution in [0.5, 0.6) is 0 Å². The van der Waals surface area contributed by atoms with Crippen molar-refractivity contribution in [3.63, 3.8) is 0 Å². The molecule has 0 radical (unpaired) electrons. The molecule has 1 unspecified atom stereocenters. The first kappa shape index (κ1) is 13.8. The highest BCUT2D eigenvalue weighted by atomic mass is 28.3. The third kappa shape index (κ3) is 4.61. The Bertz CT molecular complexity index is 386. The first-order chi connectivity index (χ1) is 7.94. The molecule has 1 N–H and O–H groups in total. The summed E-state index contributed by atoms with van der Waals surface area (Å²) >= 11 is 0. The van der Waals surface area contributed by atoms with Gasteiger partial charge in [-0.05, 0) is 25.2 Å². The average molecular weight is 252 g/mol. The fraction of sp³-hybridized carbons (Fsp3) is 0.667. The van der Waals surface area contributed by atoms with E-state index in [1.54, 1.807) is 0 Å². The highest BCUT2D eigenvalue weighted by Gasteiger charge is 2.27. The number of rotatable bonds is 1. The second kappa shape index (κ2) is 5.87. The van der Waals surface area contributed by atoms with Crippen molar-refractivity contribution in [1.82, 2.24) is 0 Å². The summed E-state index contributed by atoms with van der Waals surface area (Å²) in [4.78, 5) is 0. The first-order valence-electron chi connectivity index (χ1n) is 5.96. The van der Waals surface area contributed by atoms with Crippen molar-refractivity contribution in [2.75, 3.05) is 0 Å². The third-order valence-corrected chi connectivity index (χ3v) is 3.51. The van der Waals surface area contributed by atoms with Gasteiger partial charge in [-0.25, -0.2) is 0 Å². The van der Waals surface area contributed by atoms with Gasteiger partial charge in [-0.2, -0.15) is 4.74 Å². The highest BCUT2D eigenvalue weighted by molar-refractivity contribution is 6.84. The molecular weight excluding hydrogens is 232 g/mol. The van der Waals surface area contributed by atoms with Gasteiger partial charge in [0, 0.05) is 6.42 Å². The van der Waals surface area contributed by atoms with Crippen molar-refractivity contribution in [2.45, 2.75) is 51.4 Å². The van der Waals surface area contributed by atoms with Gasteiger partial charge in [0.25, 0.3) is 0 Å². The lowest BCUT2D eigenvalue weighted by molar-refractivity contribution is -0.477. The summed E-state index contributed by atoms with van der Waals surface area (Å²) < 4.78 is 0.835. The average Bonchev–Trinajstić information content (AvgIpc) is 2.27. The van der Waals surface area contributed by atoms with Crippen molar-refractivity contribution in [3.8, 4) is 11.5 Å². The van der Waals surface area contributed by atoms with Crippen molar-refractivity contribution in [2.24, 2.45) is 5.16 Å². The second-order valence-corrected chi connectivity index (χ2v) is 10.1. The van der Waals surface area contributed by atoms with Crippen molar-refractivity contribution in [1.29, 1.82) is 0 Å². The van der Waals surface area contributed by atoms with E-state index in [4.69, 9.17) is 5.21 Å². The quantitative estimate of drug-likeness (QED) is 0.148. The van der Waals surface area contributed by atoms with E-state index in [1.165, 1.54) is 6.21 Å². The maximum atomic E-state index is 11.8. The number of hydroxylamine groups is 1. The van der Waals surface area contributed by atoms with Gasteiger partial charge in [0.05, 0.1) is 0 Å². The Labute approximate surface area is 104 Å². The van der Waals surface area contributed by atoms with Crippen molar-refractivity contribution >= 4 is 20.0 Å². The van der Waals surface area contributed by atoms with Crippen LogP contribution < -0.4 is 0 Å². The Kier molecular flexibility index (Phi) is 4.76. The molecule has 0 saturated heterocycles. The molecule has 0 amide bonds. The second-order valence-electron chi connectivity index (χ2n) is 5.36. The molecule has 0 aromatic carbocycles. The Morgan fingerprint density at radius 1 is 1.47 bits per heavy atom. The zero-order valence-electron chi connectivity index (χ0n) is 10.7. The summed E-state index contributed by atoms with van der Waals surface area (Å²) in [6.45, 7) is 6.39. The predicted molar refractivity (Wildman–Crippen MR) is 72.3 cm³/mol. The fourth-order valence-corrected chi connectivity index (χ4v) is 2.27. The molecule has 94 valence electrons. The number of oxime groups is 1. The lowest BCUT2D eigenvalue weighted by atomic mass is 9.94. The highest BCUT2D eigenvalue weighted by Crippen LogP contribution is 2.17. The summed E-state index contributed by atoms with van der Waals surface area (Å²) in [5.41, 5.74) is 3.69. The standard InChI is InChI=1S/C12H20N2O2Si/c1-17(2,3)10-6-9-14(16)12-8-5-4-7-11(12)13-15/h9,12,15H,4-5,7-8H2,1-3H3. The van der Waals surface area contributed by atoms with Gasteiger partial charge in [0.2, 0.25) is 12.3 Å². The van der Waals surface area contributed by atoms with Crippen LogP contribution >= 0.6 is 0 Å². The molecule has 0 aromatic heterocycles. The molecule has 0 heterocycles. The van der Waals surface area contributed by atoms with Crippen LogP contribution in [0.25, 0.3) is 0 Å². The molecule has 5 heteroatoms. The van der Waals surface area contributed by atoms with Gasteiger partial charge in [-0.3, -0.25) is 0 Å². The molecule has 1 fully saturated rings. The Morgan fingerprint density at radius 3 is 2.76 bits per heavy atom. The molecule has 1 saturated carbocycles. The van der Waals surface area contributed by atoms with Gasteiger partial charge < -0.3 is 10.4 Å². The van der Waals surface area contributed by atoms with Gasteiger partial charge in [-0.1, -0.05) is 24.8 Å². The van der Waals surface area contributed by atoms with E-state index in [0.29, 0.717) is 12.1 Å². The summed E-state index contributed by atoms with van der Waals surface area (Å²) in [6, 6.07) is -0.329. The van der Waals surface area contributed by atoms with Gasteiger partial charge in [-0.15, -0.1) is 5.54 Å².